The van der Waals surface area contributed by atoms with Gasteiger partial charge >= 0.3 is 0 Å². The van der Waals surface area contributed by atoms with Crippen molar-refractivity contribution in [1.82, 2.24) is 5.32 Å². The van der Waals surface area contributed by atoms with Gasteiger partial charge in [0.05, 0.1) is 5.41 Å². The molecule has 0 bridgehead atoms. The first kappa shape index (κ1) is 19.9. The highest BCUT2D eigenvalue weighted by atomic mass is 19.1. The van der Waals surface area contributed by atoms with Crippen LogP contribution in [-0.4, -0.2) is 32.2 Å². The summed E-state index contributed by atoms with van der Waals surface area (Å²) < 4.78 is 20.0. The summed E-state index contributed by atoms with van der Waals surface area (Å²) in [5.74, 6) is -0.443. The van der Waals surface area contributed by atoms with Crippen molar-refractivity contribution in [1.29, 1.82) is 0 Å². The molecule has 0 radical (unpaired) electrons. The van der Waals surface area contributed by atoms with Gasteiger partial charge in [0.25, 0.3) is 0 Å². The van der Waals surface area contributed by atoms with Gasteiger partial charge in [0.1, 0.15) is 5.82 Å². The number of amides is 1. The molecule has 1 amide bonds. The summed E-state index contributed by atoms with van der Waals surface area (Å²) in [5.41, 5.74) is 1.90. The van der Waals surface area contributed by atoms with Gasteiger partial charge in [-0.05, 0) is 55.9 Å². The van der Waals surface area contributed by atoms with Crippen LogP contribution in [0, 0.1) is 5.82 Å². The van der Waals surface area contributed by atoms with Crippen molar-refractivity contribution in [3.05, 3.63) is 65.5 Å². The monoisotopic (exact) mass is 396 g/mol. The second kappa shape index (κ2) is 8.95. The molecular weight excluding hydrogens is 367 g/mol. The maximum absolute atomic E-state index is 14.5. The third-order valence-corrected chi connectivity index (χ3v) is 6.28. The molecule has 154 valence electrons. The number of nitrogens with zero attached hydrogens (tertiary/aromatic N) is 1. The van der Waals surface area contributed by atoms with Gasteiger partial charge in [0.2, 0.25) is 5.91 Å². The Balaban J connectivity index is 1.45. The van der Waals surface area contributed by atoms with E-state index in [1.165, 1.54) is 31.0 Å². The number of nitrogens with one attached hydrogen (secondary N) is 1. The minimum absolute atomic E-state index is 0.119. The van der Waals surface area contributed by atoms with Crippen LogP contribution >= 0.6 is 0 Å². The second-order valence-electron chi connectivity index (χ2n) is 8.07. The number of piperidine rings is 1. The lowest BCUT2D eigenvalue weighted by Gasteiger charge is -2.36. The fraction of sp³-hybridized carbons (Fsp3) is 0.458. The topological polar surface area (TPSA) is 41.6 Å². The number of rotatable bonds is 5. The molecule has 0 saturated carbocycles. The van der Waals surface area contributed by atoms with Crippen LogP contribution in [0.2, 0.25) is 0 Å². The van der Waals surface area contributed by atoms with E-state index in [0.29, 0.717) is 38.2 Å². The Kier molecular flexibility index (Phi) is 6.14. The van der Waals surface area contributed by atoms with Gasteiger partial charge in [0, 0.05) is 44.1 Å². The molecule has 2 aromatic rings. The highest BCUT2D eigenvalue weighted by molar-refractivity contribution is 5.88. The smallest absolute Gasteiger partial charge is 0.231 e. The molecule has 2 fully saturated rings. The first-order valence-electron chi connectivity index (χ1n) is 10.6. The molecule has 0 spiro atoms. The summed E-state index contributed by atoms with van der Waals surface area (Å²) in [7, 11) is 0. The lowest BCUT2D eigenvalue weighted by atomic mass is 9.73. The predicted octanol–water partition coefficient (Wildman–Crippen LogP) is 4.18. The van der Waals surface area contributed by atoms with Gasteiger partial charge in [0.15, 0.2) is 0 Å². The zero-order chi connectivity index (χ0) is 20.1. The van der Waals surface area contributed by atoms with Crippen LogP contribution in [0.4, 0.5) is 10.1 Å². The SMILES string of the molecule is O=C(NCc1ccc(N2CCCCC2)cc1)C1(c2ccccc2F)CCOCC1. The molecule has 4 nitrogen and oxygen atoms in total. The van der Waals surface area contributed by atoms with Crippen LogP contribution in [0.3, 0.4) is 0 Å². The third-order valence-electron chi connectivity index (χ3n) is 6.28. The quantitative estimate of drug-likeness (QED) is 0.824. The van der Waals surface area contributed by atoms with Crippen molar-refractivity contribution in [2.24, 2.45) is 0 Å². The summed E-state index contributed by atoms with van der Waals surface area (Å²) in [6, 6.07) is 15.0. The summed E-state index contributed by atoms with van der Waals surface area (Å²) in [4.78, 5) is 15.6. The zero-order valence-electron chi connectivity index (χ0n) is 16.8. The fourth-order valence-electron chi connectivity index (χ4n) is 4.52. The van der Waals surface area contributed by atoms with Gasteiger partial charge in [-0.3, -0.25) is 4.79 Å². The number of benzene rings is 2. The summed E-state index contributed by atoms with van der Waals surface area (Å²) in [6.45, 7) is 3.60. The van der Waals surface area contributed by atoms with Crippen molar-refractivity contribution in [3.8, 4) is 0 Å². The lowest BCUT2D eigenvalue weighted by Crippen LogP contribution is -2.48. The van der Waals surface area contributed by atoms with Crippen molar-refractivity contribution >= 4 is 11.6 Å². The number of halogens is 1. The third kappa shape index (κ3) is 4.30. The van der Waals surface area contributed by atoms with E-state index in [4.69, 9.17) is 4.74 Å². The van der Waals surface area contributed by atoms with E-state index in [1.807, 2.05) is 0 Å². The Morgan fingerprint density at radius 1 is 1.00 bits per heavy atom. The predicted molar refractivity (Wildman–Crippen MR) is 112 cm³/mol. The summed E-state index contributed by atoms with van der Waals surface area (Å²) in [5, 5.41) is 3.06. The van der Waals surface area contributed by atoms with E-state index in [9.17, 15) is 9.18 Å². The standard InChI is InChI=1S/C24H29FN2O2/c25-22-7-3-2-6-21(22)24(12-16-29-17-13-24)23(28)26-18-19-8-10-20(11-9-19)27-14-4-1-5-15-27/h2-3,6-11H,1,4-5,12-18H2,(H,26,28). The van der Waals surface area contributed by atoms with Crippen LogP contribution in [0.1, 0.15) is 43.2 Å². The molecule has 2 aliphatic heterocycles. The van der Waals surface area contributed by atoms with Crippen molar-refractivity contribution in [2.45, 2.75) is 44.1 Å². The first-order valence-corrected chi connectivity index (χ1v) is 10.6. The Bertz CT molecular complexity index is 825. The molecule has 2 heterocycles. The van der Waals surface area contributed by atoms with Crippen LogP contribution in [0.25, 0.3) is 0 Å². The van der Waals surface area contributed by atoms with Crippen molar-refractivity contribution < 1.29 is 13.9 Å². The number of carbonyl (C=O) groups excluding carboxylic acids is 1. The van der Waals surface area contributed by atoms with Crippen molar-refractivity contribution in [2.75, 3.05) is 31.2 Å². The van der Waals surface area contributed by atoms with Gasteiger partial charge in [-0.2, -0.15) is 0 Å². The molecule has 4 rings (SSSR count). The molecule has 2 saturated heterocycles. The molecule has 0 aliphatic carbocycles. The van der Waals surface area contributed by atoms with E-state index in [1.54, 1.807) is 18.2 Å². The molecule has 0 atom stereocenters. The Morgan fingerprint density at radius 3 is 2.38 bits per heavy atom. The maximum atomic E-state index is 14.5. The Morgan fingerprint density at radius 2 is 1.69 bits per heavy atom. The fourth-order valence-corrected chi connectivity index (χ4v) is 4.52. The molecular formula is C24H29FN2O2. The van der Waals surface area contributed by atoms with Crippen LogP contribution in [-0.2, 0) is 21.5 Å². The molecule has 1 N–H and O–H groups in total. The molecule has 2 aromatic carbocycles. The molecule has 0 aromatic heterocycles. The number of hydrogen-bond acceptors (Lipinski definition) is 3. The Labute approximate surface area is 172 Å². The molecule has 29 heavy (non-hydrogen) atoms. The highest BCUT2D eigenvalue weighted by Crippen LogP contribution is 2.36. The van der Waals surface area contributed by atoms with E-state index in [2.05, 4.69) is 34.5 Å². The number of anilines is 1. The minimum Gasteiger partial charge on any atom is -0.381 e. The van der Waals surface area contributed by atoms with E-state index in [0.717, 1.165) is 18.7 Å². The minimum atomic E-state index is -0.864. The molecule has 2 aliphatic rings. The van der Waals surface area contributed by atoms with Gasteiger partial charge in [-0.15, -0.1) is 0 Å². The van der Waals surface area contributed by atoms with Crippen LogP contribution in [0.15, 0.2) is 48.5 Å². The van der Waals surface area contributed by atoms with E-state index < -0.39 is 5.41 Å². The number of carbonyl (C=O) groups is 1. The zero-order valence-corrected chi connectivity index (χ0v) is 16.8. The first-order chi connectivity index (χ1) is 14.2. The van der Waals surface area contributed by atoms with E-state index >= 15 is 0 Å². The second-order valence-corrected chi connectivity index (χ2v) is 8.07. The number of ether oxygens (including phenoxy) is 1. The molecule has 0 unspecified atom stereocenters. The molecule has 5 heteroatoms. The summed E-state index contributed by atoms with van der Waals surface area (Å²) in [6.07, 6.45) is 4.80. The van der Waals surface area contributed by atoms with Crippen LogP contribution in [0.5, 0.6) is 0 Å². The van der Waals surface area contributed by atoms with Gasteiger partial charge in [-0.1, -0.05) is 30.3 Å². The Hall–Kier alpha value is -2.40. The average Bonchev–Trinajstić information content (AvgIpc) is 2.79. The normalized spacial score (nSPS) is 19.0. The summed E-state index contributed by atoms with van der Waals surface area (Å²) >= 11 is 0. The number of hydrogen-bond donors (Lipinski definition) is 1. The van der Waals surface area contributed by atoms with Gasteiger partial charge in [-0.25, -0.2) is 4.39 Å². The van der Waals surface area contributed by atoms with Gasteiger partial charge < -0.3 is 15.0 Å². The van der Waals surface area contributed by atoms with Crippen molar-refractivity contribution in [3.63, 3.8) is 0 Å². The average molecular weight is 397 g/mol. The highest BCUT2D eigenvalue weighted by Gasteiger charge is 2.43. The van der Waals surface area contributed by atoms with Crippen LogP contribution < -0.4 is 10.2 Å². The lowest BCUT2D eigenvalue weighted by molar-refractivity contribution is -0.130. The maximum Gasteiger partial charge on any atom is 0.231 e. The van der Waals surface area contributed by atoms with E-state index in [-0.39, 0.29) is 11.7 Å². The largest absolute Gasteiger partial charge is 0.381 e.